The summed E-state index contributed by atoms with van der Waals surface area (Å²) in [5.74, 6) is -1.40. The highest BCUT2D eigenvalue weighted by molar-refractivity contribution is 7.10. The standard InChI is InChI=1S/C17H20N2O3S/c1-11-5-3-6-12(2)15(11)19-17(22)16(21)18-9-8-13(20)14-7-4-10-23-14/h3-7,10,13,20H,8-9H2,1-2H3,(H,18,21)(H,19,22). The second kappa shape index (κ2) is 7.89. The zero-order valence-corrected chi connectivity index (χ0v) is 13.9. The molecule has 0 radical (unpaired) electrons. The molecule has 2 amide bonds. The zero-order valence-electron chi connectivity index (χ0n) is 13.1. The van der Waals surface area contributed by atoms with Gasteiger partial charge in [0.05, 0.1) is 6.10 Å². The van der Waals surface area contributed by atoms with Gasteiger partial charge in [0.25, 0.3) is 0 Å². The molecule has 3 N–H and O–H groups in total. The third-order valence-electron chi connectivity index (χ3n) is 3.50. The predicted molar refractivity (Wildman–Crippen MR) is 91.5 cm³/mol. The molecule has 0 aliphatic carbocycles. The summed E-state index contributed by atoms with van der Waals surface area (Å²) in [5, 5.41) is 17.0. The van der Waals surface area contributed by atoms with Gasteiger partial charge in [-0.3, -0.25) is 9.59 Å². The van der Waals surface area contributed by atoms with Crippen LogP contribution in [0.25, 0.3) is 0 Å². The number of benzene rings is 1. The number of rotatable bonds is 5. The van der Waals surface area contributed by atoms with Gasteiger partial charge in [0.1, 0.15) is 0 Å². The van der Waals surface area contributed by atoms with E-state index in [2.05, 4.69) is 10.6 Å². The molecule has 0 fully saturated rings. The first-order valence-electron chi connectivity index (χ1n) is 7.36. The molecule has 2 rings (SSSR count). The van der Waals surface area contributed by atoms with Crippen LogP contribution < -0.4 is 10.6 Å². The fourth-order valence-corrected chi connectivity index (χ4v) is 2.95. The second-order valence-electron chi connectivity index (χ2n) is 5.30. The molecule has 5 nitrogen and oxygen atoms in total. The monoisotopic (exact) mass is 332 g/mol. The first-order chi connectivity index (χ1) is 11.0. The van der Waals surface area contributed by atoms with E-state index < -0.39 is 17.9 Å². The third kappa shape index (κ3) is 4.64. The van der Waals surface area contributed by atoms with Gasteiger partial charge in [-0.25, -0.2) is 0 Å². The topological polar surface area (TPSA) is 78.4 Å². The number of amides is 2. The number of thiophene rings is 1. The average molecular weight is 332 g/mol. The van der Waals surface area contributed by atoms with Crippen molar-refractivity contribution in [3.05, 3.63) is 51.7 Å². The minimum Gasteiger partial charge on any atom is -0.388 e. The van der Waals surface area contributed by atoms with E-state index in [4.69, 9.17) is 0 Å². The van der Waals surface area contributed by atoms with Crippen LogP contribution in [0, 0.1) is 13.8 Å². The maximum atomic E-state index is 11.9. The Bertz CT molecular complexity index is 663. The Hall–Kier alpha value is -2.18. The van der Waals surface area contributed by atoms with Crippen molar-refractivity contribution in [1.82, 2.24) is 5.32 Å². The molecule has 1 aromatic heterocycles. The Balaban J connectivity index is 1.82. The van der Waals surface area contributed by atoms with Gasteiger partial charge < -0.3 is 15.7 Å². The molecule has 0 aliphatic heterocycles. The van der Waals surface area contributed by atoms with Gasteiger partial charge in [-0.05, 0) is 42.8 Å². The van der Waals surface area contributed by atoms with Crippen molar-refractivity contribution in [3.8, 4) is 0 Å². The van der Waals surface area contributed by atoms with Crippen LogP contribution in [0.4, 0.5) is 5.69 Å². The fraction of sp³-hybridized carbons (Fsp3) is 0.294. The number of aliphatic hydroxyl groups is 1. The maximum absolute atomic E-state index is 11.9. The zero-order chi connectivity index (χ0) is 16.8. The van der Waals surface area contributed by atoms with Crippen molar-refractivity contribution in [2.45, 2.75) is 26.4 Å². The number of para-hydroxylation sites is 1. The van der Waals surface area contributed by atoms with E-state index in [1.54, 1.807) is 0 Å². The number of aliphatic hydroxyl groups excluding tert-OH is 1. The number of nitrogens with one attached hydrogen (secondary N) is 2. The van der Waals surface area contributed by atoms with E-state index in [1.165, 1.54) is 11.3 Å². The number of aryl methyl sites for hydroxylation is 2. The highest BCUT2D eigenvalue weighted by Gasteiger charge is 2.16. The summed E-state index contributed by atoms with van der Waals surface area (Å²) in [4.78, 5) is 24.6. The summed E-state index contributed by atoms with van der Waals surface area (Å²) < 4.78 is 0. The Morgan fingerprint density at radius 3 is 2.43 bits per heavy atom. The van der Waals surface area contributed by atoms with Gasteiger partial charge in [0.15, 0.2) is 0 Å². The summed E-state index contributed by atoms with van der Waals surface area (Å²) in [5.41, 5.74) is 2.46. The minimum absolute atomic E-state index is 0.234. The molecule has 2 aromatic rings. The summed E-state index contributed by atoms with van der Waals surface area (Å²) in [6.45, 7) is 3.98. The van der Waals surface area contributed by atoms with Gasteiger partial charge in [-0.1, -0.05) is 24.3 Å². The molecule has 0 saturated carbocycles. The molecule has 1 heterocycles. The Morgan fingerprint density at radius 1 is 1.13 bits per heavy atom. The number of anilines is 1. The minimum atomic E-state index is -0.703. The van der Waals surface area contributed by atoms with Crippen LogP contribution in [0.15, 0.2) is 35.7 Å². The molecule has 122 valence electrons. The van der Waals surface area contributed by atoms with Crippen LogP contribution in [0.1, 0.15) is 28.5 Å². The van der Waals surface area contributed by atoms with E-state index in [1.807, 2.05) is 49.6 Å². The van der Waals surface area contributed by atoms with Gasteiger partial charge in [0.2, 0.25) is 0 Å². The van der Waals surface area contributed by atoms with E-state index in [-0.39, 0.29) is 6.54 Å². The van der Waals surface area contributed by atoms with Crippen molar-refractivity contribution in [3.63, 3.8) is 0 Å². The van der Waals surface area contributed by atoms with Crippen LogP contribution in [-0.4, -0.2) is 23.5 Å². The van der Waals surface area contributed by atoms with E-state index in [0.29, 0.717) is 12.1 Å². The molecule has 6 heteroatoms. The fourth-order valence-electron chi connectivity index (χ4n) is 2.21. The van der Waals surface area contributed by atoms with E-state index in [0.717, 1.165) is 16.0 Å². The van der Waals surface area contributed by atoms with Gasteiger partial charge >= 0.3 is 11.8 Å². The second-order valence-corrected chi connectivity index (χ2v) is 6.28. The Labute approximate surface area is 139 Å². The molecule has 1 aromatic carbocycles. The largest absolute Gasteiger partial charge is 0.388 e. The molecule has 1 unspecified atom stereocenters. The van der Waals surface area contributed by atoms with Crippen molar-refractivity contribution < 1.29 is 14.7 Å². The lowest BCUT2D eigenvalue weighted by atomic mass is 10.1. The molecule has 0 spiro atoms. The van der Waals surface area contributed by atoms with E-state index in [9.17, 15) is 14.7 Å². The normalized spacial score (nSPS) is 11.8. The first kappa shape index (κ1) is 17.2. The molecule has 0 saturated heterocycles. The Morgan fingerprint density at radius 2 is 1.83 bits per heavy atom. The van der Waals surface area contributed by atoms with Gasteiger partial charge in [-0.2, -0.15) is 0 Å². The summed E-state index contributed by atoms with van der Waals surface area (Å²) >= 11 is 1.46. The van der Waals surface area contributed by atoms with Crippen molar-refractivity contribution in [1.29, 1.82) is 0 Å². The lowest BCUT2D eigenvalue weighted by molar-refractivity contribution is -0.136. The number of carbonyl (C=O) groups is 2. The number of hydrogen-bond donors (Lipinski definition) is 3. The van der Waals surface area contributed by atoms with Crippen LogP contribution in [0.2, 0.25) is 0 Å². The average Bonchev–Trinajstić information content (AvgIpc) is 3.05. The lowest BCUT2D eigenvalue weighted by Crippen LogP contribution is -2.36. The third-order valence-corrected chi connectivity index (χ3v) is 4.47. The van der Waals surface area contributed by atoms with Crippen molar-refractivity contribution in [2.24, 2.45) is 0 Å². The smallest absolute Gasteiger partial charge is 0.313 e. The van der Waals surface area contributed by atoms with Gasteiger partial charge in [-0.15, -0.1) is 11.3 Å². The summed E-state index contributed by atoms with van der Waals surface area (Å²) in [7, 11) is 0. The SMILES string of the molecule is Cc1cccc(C)c1NC(=O)C(=O)NCCC(O)c1cccs1. The predicted octanol–water partition coefficient (Wildman–Crippen LogP) is 2.54. The van der Waals surface area contributed by atoms with Crippen molar-refractivity contribution >= 4 is 28.8 Å². The molecule has 0 bridgehead atoms. The van der Waals surface area contributed by atoms with E-state index >= 15 is 0 Å². The van der Waals surface area contributed by atoms with Crippen LogP contribution in [0.3, 0.4) is 0 Å². The number of hydrogen-bond acceptors (Lipinski definition) is 4. The van der Waals surface area contributed by atoms with Crippen LogP contribution in [-0.2, 0) is 9.59 Å². The highest BCUT2D eigenvalue weighted by atomic mass is 32.1. The van der Waals surface area contributed by atoms with Crippen LogP contribution >= 0.6 is 11.3 Å². The maximum Gasteiger partial charge on any atom is 0.313 e. The summed E-state index contributed by atoms with van der Waals surface area (Å²) in [6, 6.07) is 9.34. The van der Waals surface area contributed by atoms with Crippen molar-refractivity contribution in [2.75, 3.05) is 11.9 Å². The molecule has 23 heavy (non-hydrogen) atoms. The lowest BCUT2D eigenvalue weighted by Gasteiger charge is -2.12. The van der Waals surface area contributed by atoms with Crippen LogP contribution in [0.5, 0.6) is 0 Å². The summed E-state index contributed by atoms with van der Waals surface area (Å²) in [6.07, 6.45) is -0.264. The number of carbonyl (C=O) groups excluding carboxylic acids is 2. The molecule has 1 atom stereocenters. The quantitative estimate of drug-likeness (QED) is 0.736. The Kier molecular flexibility index (Phi) is 5.90. The van der Waals surface area contributed by atoms with Gasteiger partial charge in [0, 0.05) is 17.1 Å². The molecular formula is C17H20N2O3S. The molecular weight excluding hydrogens is 312 g/mol. The highest BCUT2D eigenvalue weighted by Crippen LogP contribution is 2.21. The first-order valence-corrected chi connectivity index (χ1v) is 8.24. The molecule has 0 aliphatic rings.